The van der Waals surface area contributed by atoms with Crippen LogP contribution in [-0.2, 0) is 35.3 Å². The second kappa shape index (κ2) is 15.7. The Hall–Kier alpha value is -3.39. The standard InChI is InChI=1S/C39H55N5O3/c1-3-29-10-9-28(25-30(29)4-2)26-34(38(46)43-20-13-32(14-21-43)31-11-18-40-19-12-31)27-37(45)42-22-16-35(17-23-42)44-24-15-33-7-5-6-8-36(33)41-39(44)47/h5-10,25,31-32,34-35,40H,3-4,11-24,26-27H2,1-2H3,(H,41,47)/p+1/t34-/m0/s1. The number of aryl methyl sites for hydroxylation is 2. The van der Waals surface area contributed by atoms with Gasteiger partial charge < -0.3 is 20.2 Å². The van der Waals surface area contributed by atoms with Gasteiger partial charge in [0.2, 0.25) is 11.8 Å². The first kappa shape index (κ1) is 33.5. The number of anilines is 1. The maximum atomic E-state index is 14.2. The van der Waals surface area contributed by atoms with E-state index in [0.717, 1.165) is 94.8 Å². The molecule has 3 saturated heterocycles. The van der Waals surface area contributed by atoms with Crippen molar-refractivity contribution in [2.75, 3.05) is 51.1 Å². The number of aliphatic hydroxyl groups is 1. The molecule has 0 aliphatic carbocycles. The summed E-state index contributed by atoms with van der Waals surface area (Å²) in [7, 11) is 0. The Balaban J connectivity index is 1.10. The zero-order chi connectivity index (χ0) is 32.8. The summed E-state index contributed by atoms with van der Waals surface area (Å²) in [5.41, 5.74) is 6.04. The van der Waals surface area contributed by atoms with Gasteiger partial charge in [0.05, 0.1) is 12.5 Å². The minimum Gasteiger partial charge on any atom is -0.447 e. The van der Waals surface area contributed by atoms with E-state index in [1.807, 2.05) is 23.1 Å². The van der Waals surface area contributed by atoms with Crippen LogP contribution in [0.3, 0.4) is 0 Å². The Morgan fingerprint density at radius 1 is 0.872 bits per heavy atom. The molecular weight excluding hydrogens is 586 g/mol. The molecule has 0 spiro atoms. The largest absolute Gasteiger partial charge is 0.447 e. The summed E-state index contributed by atoms with van der Waals surface area (Å²) in [6, 6.07) is 15.2. The summed E-state index contributed by atoms with van der Waals surface area (Å²) < 4.78 is 2.08. The van der Waals surface area contributed by atoms with Crippen LogP contribution in [-0.4, -0.2) is 89.2 Å². The molecule has 254 valence electrons. The molecule has 4 heterocycles. The third-order valence-corrected chi connectivity index (χ3v) is 11.6. The number of carbonyl (C=O) groups is 2. The summed E-state index contributed by atoms with van der Waals surface area (Å²) in [4.78, 5) is 32.1. The molecule has 2 aromatic rings. The SMILES string of the molecule is CCc1ccc(C[C@@H](CC(=O)N2CCC([N+]3=C(O)Nc4ccccc4CC3)CC2)C(=O)N2CCC(C3CCNCC3)CC2)cc1CC. The van der Waals surface area contributed by atoms with Crippen LogP contribution in [0.4, 0.5) is 5.69 Å². The molecule has 3 fully saturated rings. The molecule has 1 atom stereocenters. The Morgan fingerprint density at radius 3 is 2.28 bits per heavy atom. The van der Waals surface area contributed by atoms with E-state index in [0.29, 0.717) is 25.4 Å². The van der Waals surface area contributed by atoms with E-state index in [1.54, 1.807) is 0 Å². The first-order chi connectivity index (χ1) is 22.9. The predicted octanol–water partition coefficient (Wildman–Crippen LogP) is 5.18. The molecule has 8 nitrogen and oxygen atoms in total. The molecule has 2 aromatic carbocycles. The number of fused-ring (bicyclic) bond motifs is 1. The van der Waals surface area contributed by atoms with Gasteiger partial charge in [0.1, 0.15) is 11.7 Å². The smallest absolute Gasteiger partial charge is 0.447 e. The fourth-order valence-corrected chi connectivity index (χ4v) is 8.70. The number of nitrogens with one attached hydrogen (secondary N) is 2. The molecule has 0 radical (unpaired) electrons. The van der Waals surface area contributed by atoms with E-state index in [1.165, 1.54) is 29.5 Å². The molecule has 0 saturated carbocycles. The highest BCUT2D eigenvalue weighted by Crippen LogP contribution is 2.32. The van der Waals surface area contributed by atoms with Crippen molar-refractivity contribution in [2.24, 2.45) is 17.8 Å². The Morgan fingerprint density at radius 2 is 1.55 bits per heavy atom. The predicted molar refractivity (Wildman–Crippen MR) is 188 cm³/mol. The normalized spacial score (nSPS) is 20.8. The lowest BCUT2D eigenvalue weighted by Crippen LogP contribution is -2.48. The topological polar surface area (TPSA) is 87.9 Å². The minimum atomic E-state index is -0.349. The monoisotopic (exact) mass is 642 g/mol. The van der Waals surface area contributed by atoms with Gasteiger partial charge in [0.15, 0.2) is 0 Å². The first-order valence-corrected chi connectivity index (χ1v) is 18.5. The van der Waals surface area contributed by atoms with Gasteiger partial charge in [-0.05, 0) is 92.6 Å². The maximum absolute atomic E-state index is 14.2. The van der Waals surface area contributed by atoms with Gasteiger partial charge in [-0.3, -0.25) is 9.59 Å². The number of benzene rings is 2. The van der Waals surface area contributed by atoms with Gasteiger partial charge in [0.25, 0.3) is 0 Å². The first-order valence-electron chi connectivity index (χ1n) is 18.5. The molecular formula is C39H56N5O3+. The van der Waals surface area contributed by atoms with Crippen molar-refractivity contribution in [1.82, 2.24) is 15.1 Å². The van der Waals surface area contributed by atoms with E-state index >= 15 is 0 Å². The van der Waals surface area contributed by atoms with Gasteiger partial charge in [-0.25, -0.2) is 9.89 Å². The number of para-hydroxylation sites is 1. The third-order valence-electron chi connectivity index (χ3n) is 11.6. The average molecular weight is 643 g/mol. The van der Waals surface area contributed by atoms with E-state index < -0.39 is 0 Å². The maximum Gasteiger partial charge on any atom is 0.447 e. The van der Waals surface area contributed by atoms with Crippen LogP contribution < -0.4 is 10.6 Å². The van der Waals surface area contributed by atoms with Crippen LogP contribution in [0.15, 0.2) is 42.5 Å². The van der Waals surface area contributed by atoms with Crippen molar-refractivity contribution in [3.05, 3.63) is 64.7 Å². The van der Waals surface area contributed by atoms with E-state index in [4.69, 9.17) is 0 Å². The van der Waals surface area contributed by atoms with E-state index in [2.05, 4.69) is 58.2 Å². The van der Waals surface area contributed by atoms with Crippen molar-refractivity contribution in [3.8, 4) is 0 Å². The lowest BCUT2D eigenvalue weighted by Gasteiger charge is -2.39. The average Bonchev–Trinajstić information content (AvgIpc) is 3.29. The number of nitrogens with zero attached hydrogens (tertiary/aromatic N) is 3. The molecule has 2 amide bonds. The summed E-state index contributed by atoms with van der Waals surface area (Å²) >= 11 is 0. The molecule has 0 unspecified atom stereocenters. The second-order valence-corrected chi connectivity index (χ2v) is 14.3. The number of amides is 2. The molecule has 6 rings (SSSR count). The fraction of sp³-hybridized carbons (Fsp3) is 0.615. The molecule has 0 aromatic heterocycles. The van der Waals surface area contributed by atoms with Gasteiger partial charge >= 0.3 is 6.02 Å². The fourth-order valence-electron chi connectivity index (χ4n) is 8.70. The highest BCUT2D eigenvalue weighted by atomic mass is 16.3. The molecule has 4 aliphatic rings. The summed E-state index contributed by atoms with van der Waals surface area (Å²) in [5.74, 6) is 1.38. The quantitative estimate of drug-likeness (QED) is 0.328. The van der Waals surface area contributed by atoms with Crippen molar-refractivity contribution in [3.63, 3.8) is 0 Å². The zero-order valence-electron chi connectivity index (χ0n) is 28.7. The van der Waals surface area contributed by atoms with Crippen molar-refractivity contribution < 1.29 is 19.3 Å². The summed E-state index contributed by atoms with van der Waals surface area (Å²) in [5, 5.41) is 17.6. The highest BCUT2D eigenvalue weighted by molar-refractivity contribution is 5.86. The van der Waals surface area contributed by atoms with Crippen LogP contribution in [0.2, 0.25) is 0 Å². The third kappa shape index (κ3) is 8.02. The molecule has 0 bridgehead atoms. The second-order valence-electron chi connectivity index (χ2n) is 14.3. The van der Waals surface area contributed by atoms with Gasteiger partial charge in [-0.2, -0.15) is 0 Å². The van der Waals surface area contributed by atoms with Crippen LogP contribution in [0.5, 0.6) is 0 Å². The molecule has 3 N–H and O–H groups in total. The van der Waals surface area contributed by atoms with E-state index in [9.17, 15) is 14.7 Å². The highest BCUT2D eigenvalue weighted by Gasteiger charge is 2.36. The lowest BCUT2D eigenvalue weighted by atomic mass is 9.79. The van der Waals surface area contributed by atoms with Crippen LogP contribution in [0, 0.1) is 17.8 Å². The van der Waals surface area contributed by atoms with Gasteiger partial charge in [-0.1, -0.05) is 50.2 Å². The van der Waals surface area contributed by atoms with Crippen molar-refractivity contribution >= 4 is 23.5 Å². The van der Waals surface area contributed by atoms with E-state index in [-0.39, 0.29) is 36.2 Å². The van der Waals surface area contributed by atoms with Crippen molar-refractivity contribution in [1.29, 1.82) is 0 Å². The Labute approximate surface area is 281 Å². The number of hydrogen-bond donors (Lipinski definition) is 3. The summed E-state index contributed by atoms with van der Waals surface area (Å²) in [6.07, 6.45) is 9.96. The number of likely N-dealkylation sites (tertiary alicyclic amines) is 2. The Kier molecular flexibility index (Phi) is 11.2. The van der Waals surface area contributed by atoms with Crippen LogP contribution in [0.1, 0.15) is 81.0 Å². The number of piperidine rings is 3. The summed E-state index contributed by atoms with van der Waals surface area (Å²) in [6.45, 7) is 10.3. The minimum absolute atomic E-state index is 0.0851. The number of amidine groups is 1. The number of aliphatic hydroxyl groups excluding tert-OH is 1. The number of rotatable bonds is 9. The van der Waals surface area contributed by atoms with Gasteiger partial charge in [0, 0.05) is 57.4 Å². The molecule has 47 heavy (non-hydrogen) atoms. The molecule has 8 heteroatoms. The molecule has 4 aliphatic heterocycles. The van der Waals surface area contributed by atoms with Crippen molar-refractivity contribution in [2.45, 2.75) is 90.5 Å². The van der Waals surface area contributed by atoms with Crippen LogP contribution >= 0.6 is 0 Å². The Bertz CT molecular complexity index is 1420. The van der Waals surface area contributed by atoms with Crippen LogP contribution in [0.25, 0.3) is 0 Å². The lowest BCUT2D eigenvalue weighted by molar-refractivity contribution is -0.575. The van der Waals surface area contributed by atoms with Gasteiger partial charge in [-0.15, -0.1) is 0 Å². The number of hydrogen-bond acceptors (Lipinski definition) is 4. The zero-order valence-corrected chi connectivity index (χ0v) is 28.7. The number of carbonyl (C=O) groups excluding carboxylic acids is 2.